The van der Waals surface area contributed by atoms with Crippen molar-refractivity contribution >= 4 is 39.0 Å². The Morgan fingerprint density at radius 2 is 2.19 bits per heavy atom. The summed E-state index contributed by atoms with van der Waals surface area (Å²) in [6.07, 6.45) is 0. The Kier molecular flexibility index (Phi) is 4.98. The van der Waals surface area contributed by atoms with E-state index in [1.54, 1.807) is 30.1 Å². The van der Waals surface area contributed by atoms with E-state index in [-0.39, 0.29) is 11.7 Å². The van der Waals surface area contributed by atoms with Gasteiger partial charge in [0.1, 0.15) is 0 Å². The van der Waals surface area contributed by atoms with E-state index in [2.05, 4.69) is 21.1 Å². The average molecular weight is 368 g/mol. The van der Waals surface area contributed by atoms with Crippen LogP contribution < -0.4 is 5.73 Å². The molecule has 2 rings (SSSR count). The van der Waals surface area contributed by atoms with Gasteiger partial charge >= 0.3 is 0 Å². The molecule has 0 saturated carbocycles. The van der Waals surface area contributed by atoms with Crippen LogP contribution in [0, 0.1) is 0 Å². The molecule has 1 heterocycles. The van der Waals surface area contributed by atoms with E-state index in [0.717, 1.165) is 9.35 Å². The zero-order valence-corrected chi connectivity index (χ0v) is 13.7. The Labute approximate surface area is 134 Å². The highest BCUT2D eigenvalue weighted by Gasteiger charge is 2.14. The first-order valence-electron chi connectivity index (χ1n) is 6.09. The summed E-state index contributed by atoms with van der Waals surface area (Å²) in [5, 5.41) is 11.7. The highest BCUT2D eigenvalue weighted by molar-refractivity contribution is 9.11. The van der Waals surface area contributed by atoms with Gasteiger partial charge in [-0.15, -0.1) is 11.3 Å². The third-order valence-electron chi connectivity index (χ3n) is 2.88. The van der Waals surface area contributed by atoms with Crippen LogP contribution in [0.1, 0.15) is 20.8 Å². The zero-order valence-electron chi connectivity index (χ0n) is 11.3. The normalized spacial score (nSPS) is 11.4. The number of amidine groups is 1. The van der Waals surface area contributed by atoms with Crippen molar-refractivity contribution in [1.29, 1.82) is 0 Å². The second-order valence-corrected chi connectivity index (χ2v) is 6.91. The first-order chi connectivity index (χ1) is 10.0. The van der Waals surface area contributed by atoms with Crippen molar-refractivity contribution in [1.82, 2.24) is 4.90 Å². The summed E-state index contributed by atoms with van der Waals surface area (Å²) in [4.78, 5) is 14.6. The second-order valence-electron chi connectivity index (χ2n) is 4.45. The number of hydrogen-bond donors (Lipinski definition) is 2. The largest absolute Gasteiger partial charge is 0.409 e. The smallest absolute Gasteiger partial charge is 0.264 e. The number of nitrogens with two attached hydrogens (primary N) is 1. The SMILES string of the molecule is CN(Cc1cccc(C(N)=NO)c1)C(=O)c1ccc(Br)s1. The third-order valence-corrected chi connectivity index (χ3v) is 4.49. The fourth-order valence-electron chi connectivity index (χ4n) is 1.85. The van der Waals surface area contributed by atoms with Crippen LogP contribution in [0.15, 0.2) is 45.3 Å². The number of benzene rings is 1. The molecule has 7 heteroatoms. The number of amides is 1. The van der Waals surface area contributed by atoms with E-state index in [0.29, 0.717) is 17.0 Å². The number of halogens is 1. The molecule has 1 amide bonds. The predicted octanol–water partition coefficient (Wildman–Crippen LogP) is 2.88. The predicted molar refractivity (Wildman–Crippen MR) is 86.8 cm³/mol. The Balaban J connectivity index is 2.12. The van der Waals surface area contributed by atoms with Gasteiger partial charge in [0.25, 0.3) is 5.91 Å². The minimum atomic E-state index is -0.0418. The molecule has 0 aliphatic carbocycles. The average Bonchev–Trinajstić information content (AvgIpc) is 2.92. The number of carbonyl (C=O) groups is 1. The van der Waals surface area contributed by atoms with Gasteiger partial charge in [-0.25, -0.2) is 0 Å². The van der Waals surface area contributed by atoms with Gasteiger partial charge in [-0.3, -0.25) is 4.79 Å². The highest BCUT2D eigenvalue weighted by Crippen LogP contribution is 2.23. The van der Waals surface area contributed by atoms with Crippen LogP contribution in [-0.4, -0.2) is 28.9 Å². The van der Waals surface area contributed by atoms with Gasteiger partial charge in [0.05, 0.1) is 8.66 Å². The fourth-order valence-corrected chi connectivity index (χ4v) is 3.23. The molecule has 0 atom stereocenters. The number of oxime groups is 1. The summed E-state index contributed by atoms with van der Waals surface area (Å²) in [7, 11) is 1.74. The number of thiophene rings is 1. The van der Waals surface area contributed by atoms with Crippen LogP contribution in [0.5, 0.6) is 0 Å². The van der Waals surface area contributed by atoms with Crippen molar-refractivity contribution in [2.45, 2.75) is 6.54 Å². The van der Waals surface area contributed by atoms with Gasteiger partial charge in [0.2, 0.25) is 0 Å². The molecular formula is C14H14BrN3O2S. The van der Waals surface area contributed by atoms with Crippen molar-refractivity contribution in [3.8, 4) is 0 Å². The first-order valence-corrected chi connectivity index (χ1v) is 7.70. The molecule has 1 aromatic heterocycles. The van der Waals surface area contributed by atoms with Crippen molar-refractivity contribution in [3.63, 3.8) is 0 Å². The fraction of sp³-hybridized carbons (Fsp3) is 0.143. The number of nitrogens with zero attached hydrogens (tertiary/aromatic N) is 2. The van der Waals surface area contributed by atoms with Gasteiger partial charge in [0.15, 0.2) is 5.84 Å². The van der Waals surface area contributed by atoms with Crippen LogP contribution >= 0.6 is 27.3 Å². The maximum absolute atomic E-state index is 12.3. The summed E-state index contributed by atoms with van der Waals surface area (Å²) >= 11 is 4.75. The standard InChI is InChI=1S/C14H14BrN3O2S/c1-18(14(19)11-5-6-12(15)21-11)8-9-3-2-4-10(7-9)13(16)17-20/h2-7,20H,8H2,1H3,(H2,16,17). The third kappa shape index (κ3) is 3.83. The molecule has 3 N–H and O–H groups in total. The second kappa shape index (κ2) is 6.73. The lowest BCUT2D eigenvalue weighted by molar-refractivity contribution is 0.0790. The number of carbonyl (C=O) groups excluding carboxylic acids is 1. The van der Waals surface area contributed by atoms with E-state index in [4.69, 9.17) is 10.9 Å². The molecule has 0 aliphatic heterocycles. The molecule has 0 unspecified atom stereocenters. The minimum Gasteiger partial charge on any atom is -0.409 e. The lowest BCUT2D eigenvalue weighted by Gasteiger charge is -2.16. The van der Waals surface area contributed by atoms with E-state index < -0.39 is 0 Å². The van der Waals surface area contributed by atoms with Crippen molar-refractivity contribution in [2.24, 2.45) is 10.9 Å². The molecule has 0 spiro atoms. The van der Waals surface area contributed by atoms with Crippen LogP contribution in [-0.2, 0) is 6.54 Å². The van der Waals surface area contributed by atoms with Gasteiger partial charge < -0.3 is 15.8 Å². The molecule has 21 heavy (non-hydrogen) atoms. The van der Waals surface area contributed by atoms with E-state index in [1.807, 2.05) is 18.2 Å². The van der Waals surface area contributed by atoms with Crippen LogP contribution in [0.4, 0.5) is 0 Å². The van der Waals surface area contributed by atoms with Crippen LogP contribution in [0.2, 0.25) is 0 Å². The van der Waals surface area contributed by atoms with Crippen LogP contribution in [0.25, 0.3) is 0 Å². The summed E-state index contributed by atoms with van der Waals surface area (Å²) in [5.74, 6) is 0.00733. The molecule has 0 saturated heterocycles. The Morgan fingerprint density at radius 1 is 1.43 bits per heavy atom. The molecular weight excluding hydrogens is 354 g/mol. The lowest BCUT2D eigenvalue weighted by Crippen LogP contribution is -2.25. The van der Waals surface area contributed by atoms with Crippen LogP contribution in [0.3, 0.4) is 0 Å². The molecule has 5 nitrogen and oxygen atoms in total. The molecule has 0 fully saturated rings. The molecule has 110 valence electrons. The maximum atomic E-state index is 12.3. The van der Waals surface area contributed by atoms with Gasteiger partial charge in [0, 0.05) is 19.2 Å². The molecule has 1 aromatic carbocycles. The quantitative estimate of drug-likeness (QED) is 0.377. The summed E-state index contributed by atoms with van der Waals surface area (Å²) in [6, 6.07) is 10.9. The van der Waals surface area contributed by atoms with Gasteiger partial charge in [-0.2, -0.15) is 0 Å². The summed E-state index contributed by atoms with van der Waals surface area (Å²) in [5.41, 5.74) is 7.09. The zero-order chi connectivity index (χ0) is 15.4. The van der Waals surface area contributed by atoms with Crippen molar-refractivity contribution in [2.75, 3.05) is 7.05 Å². The molecule has 2 aromatic rings. The topological polar surface area (TPSA) is 78.9 Å². The number of rotatable bonds is 4. The summed E-state index contributed by atoms with van der Waals surface area (Å²) < 4.78 is 0.924. The summed E-state index contributed by atoms with van der Waals surface area (Å²) in [6.45, 7) is 0.445. The Hall–Kier alpha value is -1.86. The van der Waals surface area contributed by atoms with Crippen molar-refractivity contribution < 1.29 is 10.0 Å². The molecule has 0 radical (unpaired) electrons. The monoisotopic (exact) mass is 367 g/mol. The van der Waals surface area contributed by atoms with Crippen molar-refractivity contribution in [3.05, 3.63) is 56.2 Å². The van der Waals surface area contributed by atoms with E-state index >= 15 is 0 Å². The Morgan fingerprint density at radius 3 is 2.81 bits per heavy atom. The van der Waals surface area contributed by atoms with E-state index in [9.17, 15) is 4.79 Å². The van der Waals surface area contributed by atoms with E-state index in [1.165, 1.54) is 11.3 Å². The molecule has 0 bridgehead atoms. The lowest BCUT2D eigenvalue weighted by atomic mass is 10.1. The van der Waals surface area contributed by atoms with Gasteiger partial charge in [-0.05, 0) is 39.7 Å². The first kappa shape index (κ1) is 15.5. The maximum Gasteiger partial charge on any atom is 0.264 e. The molecule has 0 aliphatic rings. The van der Waals surface area contributed by atoms with Gasteiger partial charge in [-0.1, -0.05) is 23.4 Å². The Bertz CT molecular complexity index is 684. The minimum absolute atomic E-state index is 0.0418. The number of hydrogen-bond acceptors (Lipinski definition) is 4. The highest BCUT2D eigenvalue weighted by atomic mass is 79.9.